The maximum Gasteiger partial charge on any atom is 0.427 e. The molecule has 1 aliphatic rings. The molecule has 4 aromatic rings. The molecule has 1 fully saturated rings. The summed E-state index contributed by atoms with van der Waals surface area (Å²) in [6.07, 6.45) is 0.672. The van der Waals surface area contributed by atoms with E-state index in [1.54, 1.807) is 6.07 Å². The fourth-order valence-electron chi connectivity index (χ4n) is 3.91. The van der Waals surface area contributed by atoms with Gasteiger partial charge in [-0.05, 0) is 30.7 Å². The Morgan fingerprint density at radius 2 is 1.94 bits per heavy atom. The molecule has 168 valence electrons. The van der Waals surface area contributed by atoms with Gasteiger partial charge in [0.05, 0.1) is 16.2 Å². The third-order valence-corrected chi connectivity index (χ3v) is 6.05. The molecule has 3 N–H and O–H groups in total. The molecule has 1 amide bonds. The Morgan fingerprint density at radius 1 is 1.12 bits per heavy atom. The Labute approximate surface area is 199 Å². The van der Waals surface area contributed by atoms with Gasteiger partial charge in [0.2, 0.25) is 0 Å². The van der Waals surface area contributed by atoms with E-state index in [0.717, 1.165) is 45.8 Å². The number of halogens is 2. The summed E-state index contributed by atoms with van der Waals surface area (Å²) in [5.41, 5.74) is 7.36. The minimum atomic E-state index is -0.495. The van der Waals surface area contributed by atoms with Gasteiger partial charge in [0.15, 0.2) is 0 Å². The number of benzene rings is 2. The van der Waals surface area contributed by atoms with Crippen LogP contribution < -0.4 is 16.1 Å². The molecular weight excluding hydrogens is 463 g/mol. The zero-order valence-electron chi connectivity index (χ0n) is 17.6. The summed E-state index contributed by atoms with van der Waals surface area (Å²) in [5.74, 6) is 0.729. The summed E-state index contributed by atoms with van der Waals surface area (Å²) in [7, 11) is 0. The summed E-state index contributed by atoms with van der Waals surface area (Å²) in [6.45, 7) is 3.44. The van der Waals surface area contributed by atoms with E-state index in [9.17, 15) is 4.79 Å². The van der Waals surface area contributed by atoms with Crippen LogP contribution in [0.25, 0.3) is 22.2 Å². The van der Waals surface area contributed by atoms with Crippen molar-refractivity contribution in [3.05, 3.63) is 76.2 Å². The van der Waals surface area contributed by atoms with Gasteiger partial charge in [0, 0.05) is 40.8 Å². The van der Waals surface area contributed by atoms with Crippen LogP contribution in [0.1, 0.15) is 17.4 Å². The predicted molar refractivity (Wildman–Crippen MR) is 128 cm³/mol. The van der Waals surface area contributed by atoms with Crippen molar-refractivity contribution >= 4 is 46.0 Å². The van der Waals surface area contributed by atoms with Crippen molar-refractivity contribution in [3.63, 3.8) is 0 Å². The monoisotopic (exact) mass is 482 g/mol. The molecule has 10 heteroatoms. The van der Waals surface area contributed by atoms with Crippen LogP contribution in [0.5, 0.6) is 0 Å². The average molecular weight is 483 g/mol. The molecule has 5 rings (SSSR count). The Bertz CT molecular complexity index is 1340. The number of nitrogens with zero attached hydrogens (tertiary/aromatic N) is 3. The Balaban J connectivity index is 1.27. The van der Waals surface area contributed by atoms with E-state index in [2.05, 4.69) is 43.6 Å². The van der Waals surface area contributed by atoms with Gasteiger partial charge in [0.1, 0.15) is 18.3 Å². The number of nitrogens with one attached hydrogen (secondary N) is 3. The Morgan fingerprint density at radius 3 is 2.70 bits per heavy atom. The van der Waals surface area contributed by atoms with Crippen molar-refractivity contribution in [3.8, 4) is 11.3 Å². The molecular formula is C23H20Cl2N6O2. The van der Waals surface area contributed by atoms with Gasteiger partial charge in [0.25, 0.3) is 0 Å². The van der Waals surface area contributed by atoms with Gasteiger partial charge < -0.3 is 14.7 Å². The summed E-state index contributed by atoms with van der Waals surface area (Å²) in [5, 5.41) is 8.29. The molecule has 8 nitrogen and oxygen atoms in total. The van der Waals surface area contributed by atoms with Crippen LogP contribution >= 0.6 is 23.2 Å². The second-order valence-corrected chi connectivity index (χ2v) is 8.52. The standard InChI is InChI=1S/C23H20Cl2N6O2/c1-13-8-17-18(25)9-16(24)10-20(17)31(13)7-6-26-21-11-19(27-12-28-21)14-2-4-15(5-3-14)22-29-23(32)33-30-22/h2-5,8-12,22,30H,6-7H2,1H3,(H,29,32)(H,26,27,28). The topological polar surface area (TPSA) is 93.1 Å². The number of fused-ring (bicyclic) bond motifs is 1. The fraction of sp³-hybridized carbons (Fsp3) is 0.174. The lowest BCUT2D eigenvalue weighted by Gasteiger charge is -2.12. The molecule has 0 radical (unpaired) electrons. The van der Waals surface area contributed by atoms with Gasteiger partial charge >= 0.3 is 6.09 Å². The largest absolute Gasteiger partial charge is 0.427 e. The lowest BCUT2D eigenvalue weighted by molar-refractivity contribution is 0.122. The molecule has 0 aliphatic carbocycles. The fourth-order valence-corrected chi connectivity index (χ4v) is 4.44. The number of carbonyl (C=O) groups is 1. The first kappa shape index (κ1) is 21.5. The van der Waals surface area contributed by atoms with E-state index in [1.165, 1.54) is 6.33 Å². The first-order valence-electron chi connectivity index (χ1n) is 10.3. The highest BCUT2D eigenvalue weighted by Gasteiger charge is 2.23. The molecule has 2 aromatic carbocycles. The van der Waals surface area contributed by atoms with Crippen molar-refractivity contribution in [2.75, 3.05) is 11.9 Å². The van der Waals surface area contributed by atoms with Crippen LogP contribution in [0.4, 0.5) is 10.6 Å². The van der Waals surface area contributed by atoms with Crippen LogP contribution in [0.15, 0.2) is 54.9 Å². The minimum Gasteiger partial charge on any atom is -0.368 e. The van der Waals surface area contributed by atoms with Gasteiger partial charge in [-0.15, -0.1) is 5.48 Å². The predicted octanol–water partition coefficient (Wildman–Crippen LogP) is 5.07. The van der Waals surface area contributed by atoms with E-state index < -0.39 is 6.09 Å². The quantitative estimate of drug-likeness (QED) is 0.355. The van der Waals surface area contributed by atoms with Crippen molar-refractivity contribution in [1.82, 2.24) is 25.3 Å². The SMILES string of the molecule is Cc1cc2c(Cl)cc(Cl)cc2n1CCNc1cc(-c2ccc(C3NOC(=O)N3)cc2)ncn1. The van der Waals surface area contributed by atoms with Crippen LogP contribution in [0.2, 0.25) is 10.0 Å². The van der Waals surface area contributed by atoms with Crippen molar-refractivity contribution in [2.24, 2.45) is 0 Å². The highest BCUT2D eigenvalue weighted by Crippen LogP contribution is 2.30. The first-order valence-corrected chi connectivity index (χ1v) is 11.1. The number of aryl methyl sites for hydroxylation is 1. The number of hydrogen-bond acceptors (Lipinski definition) is 6. The lowest BCUT2D eigenvalue weighted by Crippen LogP contribution is -2.21. The second kappa shape index (κ2) is 8.90. The summed E-state index contributed by atoms with van der Waals surface area (Å²) >= 11 is 12.6. The molecule has 2 aromatic heterocycles. The van der Waals surface area contributed by atoms with Gasteiger partial charge in [-0.1, -0.05) is 47.5 Å². The third kappa shape index (κ3) is 4.45. The van der Waals surface area contributed by atoms with Crippen LogP contribution in [0, 0.1) is 6.92 Å². The number of aromatic nitrogens is 3. The molecule has 0 spiro atoms. The molecule has 33 heavy (non-hydrogen) atoms. The van der Waals surface area contributed by atoms with Crippen LogP contribution in [0.3, 0.4) is 0 Å². The van der Waals surface area contributed by atoms with Crippen LogP contribution in [-0.4, -0.2) is 27.2 Å². The number of anilines is 1. The zero-order valence-corrected chi connectivity index (χ0v) is 19.1. The van der Waals surface area contributed by atoms with E-state index in [1.807, 2.05) is 36.4 Å². The third-order valence-electron chi connectivity index (χ3n) is 5.52. The minimum absolute atomic E-state index is 0.368. The first-order chi connectivity index (χ1) is 16.0. The number of hydroxylamine groups is 1. The number of amides is 1. The van der Waals surface area contributed by atoms with Gasteiger partial charge in [-0.2, -0.15) is 0 Å². The number of rotatable bonds is 6. The van der Waals surface area contributed by atoms with Crippen molar-refractivity contribution in [1.29, 1.82) is 0 Å². The van der Waals surface area contributed by atoms with E-state index >= 15 is 0 Å². The van der Waals surface area contributed by atoms with E-state index in [4.69, 9.17) is 28.0 Å². The van der Waals surface area contributed by atoms with E-state index in [0.29, 0.717) is 16.6 Å². The second-order valence-electron chi connectivity index (χ2n) is 7.68. The van der Waals surface area contributed by atoms with Crippen molar-refractivity contribution < 1.29 is 9.63 Å². The summed E-state index contributed by atoms with van der Waals surface area (Å²) < 4.78 is 2.18. The van der Waals surface area contributed by atoms with Gasteiger partial charge in [-0.25, -0.2) is 14.8 Å². The summed E-state index contributed by atoms with van der Waals surface area (Å²) in [4.78, 5) is 24.6. The van der Waals surface area contributed by atoms with Crippen molar-refractivity contribution in [2.45, 2.75) is 19.6 Å². The zero-order chi connectivity index (χ0) is 22.9. The highest BCUT2D eigenvalue weighted by atomic mass is 35.5. The van der Waals surface area contributed by atoms with E-state index in [-0.39, 0.29) is 6.17 Å². The molecule has 1 atom stereocenters. The summed E-state index contributed by atoms with van der Waals surface area (Å²) in [6, 6.07) is 15.4. The maximum atomic E-state index is 11.2. The average Bonchev–Trinajstić information content (AvgIpc) is 3.38. The molecule has 0 bridgehead atoms. The molecule has 0 saturated carbocycles. The highest BCUT2D eigenvalue weighted by molar-refractivity contribution is 6.38. The molecule has 1 aliphatic heterocycles. The Hall–Kier alpha value is -3.33. The molecule has 1 saturated heterocycles. The smallest absolute Gasteiger partial charge is 0.368 e. The number of hydrogen-bond donors (Lipinski definition) is 3. The lowest BCUT2D eigenvalue weighted by atomic mass is 10.1. The molecule has 3 heterocycles. The molecule has 1 unspecified atom stereocenters. The number of carbonyl (C=O) groups excluding carboxylic acids is 1. The maximum absolute atomic E-state index is 11.2. The van der Waals surface area contributed by atoms with Gasteiger partial charge in [-0.3, -0.25) is 5.32 Å². The Kier molecular flexibility index (Phi) is 5.80. The van der Waals surface area contributed by atoms with Crippen LogP contribution in [-0.2, 0) is 11.4 Å². The normalized spacial score (nSPS) is 15.5.